The van der Waals surface area contributed by atoms with E-state index in [9.17, 15) is 4.39 Å². The maximum Gasteiger partial charge on any atom is 0.146 e. The molecule has 0 aliphatic heterocycles. The van der Waals surface area contributed by atoms with E-state index in [-0.39, 0.29) is 5.82 Å². The molecule has 0 unspecified atom stereocenters. The summed E-state index contributed by atoms with van der Waals surface area (Å²) in [5.41, 5.74) is 6.31. The highest BCUT2D eigenvalue weighted by atomic mass is 35.5. The van der Waals surface area contributed by atoms with E-state index in [2.05, 4.69) is 5.32 Å². The summed E-state index contributed by atoms with van der Waals surface area (Å²) in [6, 6.07) is 5.19. The maximum atomic E-state index is 13.5. The summed E-state index contributed by atoms with van der Waals surface area (Å²) in [6.07, 6.45) is 3.99. The van der Waals surface area contributed by atoms with Gasteiger partial charge in [-0.1, -0.05) is 11.6 Å². The molecule has 4 heteroatoms. The highest BCUT2D eigenvalue weighted by Gasteiger charge is 2.19. The van der Waals surface area contributed by atoms with E-state index < -0.39 is 0 Å². The molecule has 1 aliphatic carbocycles. The Morgan fingerprint density at radius 3 is 2.62 bits per heavy atom. The number of nitrogens with one attached hydrogen (secondary N) is 1. The number of anilines is 1. The molecule has 1 aliphatic rings. The number of hydrogen-bond acceptors (Lipinski definition) is 2. The fourth-order valence-corrected chi connectivity index (χ4v) is 2.26. The maximum absolute atomic E-state index is 13.5. The van der Waals surface area contributed by atoms with Crippen LogP contribution in [0, 0.1) is 5.82 Å². The first-order valence-electron chi connectivity index (χ1n) is 5.62. The fourth-order valence-electron chi connectivity index (χ4n) is 2.09. The fraction of sp³-hybridized carbons (Fsp3) is 0.500. The van der Waals surface area contributed by atoms with E-state index in [1.165, 1.54) is 6.07 Å². The highest BCUT2D eigenvalue weighted by molar-refractivity contribution is 6.30. The first-order chi connectivity index (χ1) is 7.65. The zero-order valence-corrected chi connectivity index (χ0v) is 9.80. The third kappa shape index (κ3) is 2.86. The number of rotatable bonds is 2. The minimum Gasteiger partial charge on any atom is -0.380 e. The molecule has 0 radical (unpaired) electrons. The first kappa shape index (κ1) is 11.7. The van der Waals surface area contributed by atoms with Gasteiger partial charge in [0.25, 0.3) is 0 Å². The molecule has 0 bridgehead atoms. The molecule has 1 aromatic rings. The summed E-state index contributed by atoms with van der Waals surface area (Å²) in [7, 11) is 0. The molecule has 1 saturated carbocycles. The van der Waals surface area contributed by atoms with Crippen molar-refractivity contribution in [1.29, 1.82) is 0 Å². The van der Waals surface area contributed by atoms with Gasteiger partial charge in [-0.25, -0.2) is 4.39 Å². The Balaban J connectivity index is 2.00. The van der Waals surface area contributed by atoms with Gasteiger partial charge in [0.05, 0.1) is 5.69 Å². The molecule has 3 N–H and O–H groups in total. The molecule has 0 heterocycles. The van der Waals surface area contributed by atoms with Crippen LogP contribution in [0.5, 0.6) is 0 Å². The third-order valence-electron chi connectivity index (χ3n) is 3.06. The van der Waals surface area contributed by atoms with E-state index in [4.69, 9.17) is 17.3 Å². The zero-order chi connectivity index (χ0) is 11.5. The molecule has 1 aromatic carbocycles. The lowest BCUT2D eigenvalue weighted by atomic mass is 9.91. The van der Waals surface area contributed by atoms with Gasteiger partial charge in [0, 0.05) is 17.1 Å². The molecule has 88 valence electrons. The normalized spacial score (nSPS) is 25.4. The lowest BCUT2D eigenvalue weighted by Crippen LogP contribution is -2.33. The van der Waals surface area contributed by atoms with Gasteiger partial charge in [-0.2, -0.15) is 0 Å². The van der Waals surface area contributed by atoms with Crippen LogP contribution in [0.15, 0.2) is 18.2 Å². The second-order valence-electron chi connectivity index (χ2n) is 4.38. The van der Waals surface area contributed by atoms with E-state index in [1.54, 1.807) is 12.1 Å². The number of benzene rings is 1. The number of nitrogens with two attached hydrogens (primary N) is 1. The molecular weight excluding hydrogens is 227 g/mol. The van der Waals surface area contributed by atoms with E-state index >= 15 is 0 Å². The van der Waals surface area contributed by atoms with Crippen LogP contribution in [-0.2, 0) is 0 Å². The van der Waals surface area contributed by atoms with Crippen molar-refractivity contribution in [3.63, 3.8) is 0 Å². The van der Waals surface area contributed by atoms with Gasteiger partial charge in [-0.3, -0.25) is 0 Å². The molecule has 0 aromatic heterocycles. The standard InChI is InChI=1S/C12H16ClFN2/c13-8-1-6-11(14)12(7-8)16-10-4-2-9(15)3-5-10/h1,6-7,9-10,16H,2-5,15H2. The zero-order valence-electron chi connectivity index (χ0n) is 9.05. The van der Waals surface area contributed by atoms with Gasteiger partial charge in [0.2, 0.25) is 0 Å². The van der Waals surface area contributed by atoms with Crippen molar-refractivity contribution in [2.24, 2.45) is 5.73 Å². The van der Waals surface area contributed by atoms with Crippen LogP contribution in [0.1, 0.15) is 25.7 Å². The number of halogens is 2. The van der Waals surface area contributed by atoms with Crippen molar-refractivity contribution < 1.29 is 4.39 Å². The van der Waals surface area contributed by atoms with Crippen LogP contribution in [0.2, 0.25) is 5.02 Å². The second-order valence-corrected chi connectivity index (χ2v) is 4.82. The molecule has 0 spiro atoms. The van der Waals surface area contributed by atoms with Crippen LogP contribution in [0.3, 0.4) is 0 Å². The molecule has 16 heavy (non-hydrogen) atoms. The highest BCUT2D eigenvalue weighted by Crippen LogP contribution is 2.25. The van der Waals surface area contributed by atoms with Gasteiger partial charge in [-0.05, 0) is 43.9 Å². The van der Waals surface area contributed by atoms with Crippen molar-refractivity contribution in [2.75, 3.05) is 5.32 Å². The summed E-state index contributed by atoms with van der Waals surface area (Å²) in [5.74, 6) is -0.251. The van der Waals surface area contributed by atoms with Crippen molar-refractivity contribution >= 4 is 17.3 Å². The topological polar surface area (TPSA) is 38.0 Å². The van der Waals surface area contributed by atoms with Crippen LogP contribution in [-0.4, -0.2) is 12.1 Å². The molecule has 2 nitrogen and oxygen atoms in total. The molecule has 0 amide bonds. The van der Waals surface area contributed by atoms with Gasteiger partial charge in [0.15, 0.2) is 0 Å². The van der Waals surface area contributed by atoms with Gasteiger partial charge >= 0.3 is 0 Å². The predicted molar refractivity (Wildman–Crippen MR) is 65.3 cm³/mol. The molecule has 0 atom stereocenters. The second kappa shape index (κ2) is 5.02. The molecule has 1 fully saturated rings. The largest absolute Gasteiger partial charge is 0.380 e. The Hall–Kier alpha value is -0.800. The minimum absolute atomic E-state index is 0.251. The van der Waals surface area contributed by atoms with Gasteiger partial charge in [0.1, 0.15) is 5.82 Å². The lowest BCUT2D eigenvalue weighted by Gasteiger charge is -2.27. The van der Waals surface area contributed by atoms with Crippen LogP contribution < -0.4 is 11.1 Å². The quantitative estimate of drug-likeness (QED) is 0.836. The van der Waals surface area contributed by atoms with E-state index in [1.807, 2.05) is 0 Å². The SMILES string of the molecule is NC1CCC(Nc2cc(Cl)ccc2F)CC1. The Morgan fingerprint density at radius 1 is 1.25 bits per heavy atom. The molecule has 0 saturated heterocycles. The lowest BCUT2D eigenvalue weighted by molar-refractivity contribution is 0.410. The number of hydrogen-bond donors (Lipinski definition) is 2. The van der Waals surface area contributed by atoms with Crippen molar-refractivity contribution in [1.82, 2.24) is 0 Å². The first-order valence-corrected chi connectivity index (χ1v) is 6.00. The smallest absolute Gasteiger partial charge is 0.146 e. The predicted octanol–water partition coefficient (Wildman–Crippen LogP) is 3.16. The summed E-state index contributed by atoms with van der Waals surface area (Å²) in [4.78, 5) is 0. The minimum atomic E-state index is -0.251. The Kier molecular flexibility index (Phi) is 3.66. The third-order valence-corrected chi connectivity index (χ3v) is 3.29. The van der Waals surface area contributed by atoms with Crippen molar-refractivity contribution in [3.05, 3.63) is 29.0 Å². The van der Waals surface area contributed by atoms with E-state index in [0.29, 0.717) is 22.8 Å². The van der Waals surface area contributed by atoms with Gasteiger partial charge < -0.3 is 11.1 Å². The summed E-state index contributed by atoms with van der Waals surface area (Å²) < 4.78 is 13.5. The van der Waals surface area contributed by atoms with Crippen LogP contribution in [0.4, 0.5) is 10.1 Å². The Bertz CT molecular complexity index is 362. The summed E-state index contributed by atoms with van der Waals surface area (Å²) in [6.45, 7) is 0. The van der Waals surface area contributed by atoms with E-state index in [0.717, 1.165) is 25.7 Å². The Morgan fingerprint density at radius 2 is 1.94 bits per heavy atom. The van der Waals surface area contributed by atoms with Crippen molar-refractivity contribution in [3.8, 4) is 0 Å². The summed E-state index contributed by atoms with van der Waals surface area (Å²) >= 11 is 5.83. The Labute approximate surface area is 100.0 Å². The van der Waals surface area contributed by atoms with Crippen LogP contribution >= 0.6 is 11.6 Å². The van der Waals surface area contributed by atoms with Gasteiger partial charge in [-0.15, -0.1) is 0 Å². The average Bonchev–Trinajstić information content (AvgIpc) is 2.27. The molecule has 2 rings (SSSR count). The summed E-state index contributed by atoms with van der Waals surface area (Å²) in [5, 5.41) is 3.75. The monoisotopic (exact) mass is 242 g/mol. The average molecular weight is 243 g/mol. The van der Waals surface area contributed by atoms with Crippen molar-refractivity contribution in [2.45, 2.75) is 37.8 Å². The molecular formula is C12H16ClFN2. The van der Waals surface area contributed by atoms with Crippen LogP contribution in [0.25, 0.3) is 0 Å².